The summed E-state index contributed by atoms with van der Waals surface area (Å²) in [5.74, 6) is -0.360. The van der Waals surface area contributed by atoms with Crippen LogP contribution in [0.3, 0.4) is 0 Å². The van der Waals surface area contributed by atoms with Crippen LogP contribution in [0, 0.1) is 0 Å². The first-order chi connectivity index (χ1) is 13.3. The quantitative estimate of drug-likeness (QED) is 0.730. The summed E-state index contributed by atoms with van der Waals surface area (Å²) in [6.07, 6.45) is -4.30. The van der Waals surface area contributed by atoms with Crippen LogP contribution in [-0.2, 0) is 17.5 Å². The molecule has 0 aliphatic carbocycles. The molecule has 4 nitrogen and oxygen atoms in total. The lowest BCUT2D eigenvalue weighted by molar-refractivity contribution is -0.137. The van der Waals surface area contributed by atoms with Crippen LogP contribution in [0.15, 0.2) is 48.5 Å². The Bertz CT molecular complexity index is 804. The van der Waals surface area contributed by atoms with Crippen LogP contribution in [-0.4, -0.2) is 43.7 Å². The van der Waals surface area contributed by atoms with Crippen molar-refractivity contribution in [3.05, 3.63) is 65.2 Å². The number of halogens is 3. The summed E-state index contributed by atoms with van der Waals surface area (Å²) in [5, 5.41) is 0. The number of anilines is 1. The van der Waals surface area contributed by atoms with Crippen molar-refractivity contribution in [3.8, 4) is 0 Å². The molecule has 0 amide bonds. The van der Waals surface area contributed by atoms with Gasteiger partial charge in [-0.25, -0.2) is 4.79 Å². The van der Waals surface area contributed by atoms with E-state index >= 15 is 0 Å². The molecule has 2 aromatic rings. The van der Waals surface area contributed by atoms with Crippen molar-refractivity contribution in [1.29, 1.82) is 0 Å². The molecule has 1 unspecified atom stereocenters. The number of methoxy groups -OCH3 is 1. The summed E-state index contributed by atoms with van der Waals surface area (Å²) < 4.78 is 42.8. The summed E-state index contributed by atoms with van der Waals surface area (Å²) in [7, 11) is 1.36. The first kappa shape index (κ1) is 20.2. The maximum atomic E-state index is 12.7. The van der Waals surface area contributed by atoms with Gasteiger partial charge in [0.15, 0.2) is 0 Å². The van der Waals surface area contributed by atoms with E-state index in [0.29, 0.717) is 12.1 Å². The van der Waals surface area contributed by atoms with Crippen LogP contribution in [0.25, 0.3) is 0 Å². The fraction of sp³-hybridized carbons (Fsp3) is 0.381. The highest BCUT2D eigenvalue weighted by atomic mass is 19.4. The molecular formula is C21H23F3N2O2. The molecular weight excluding hydrogens is 369 g/mol. The van der Waals surface area contributed by atoms with Gasteiger partial charge in [-0.15, -0.1) is 0 Å². The van der Waals surface area contributed by atoms with Crippen LogP contribution in [0.4, 0.5) is 18.9 Å². The number of ether oxygens (including phenoxy) is 1. The first-order valence-corrected chi connectivity index (χ1v) is 9.11. The Hall–Kier alpha value is -2.54. The lowest BCUT2D eigenvalue weighted by Crippen LogP contribution is -2.51. The Balaban J connectivity index is 1.60. The SMILES string of the molecule is COC(=O)c1ccc(N2CCN(Cc3ccc(C(F)(F)F)cc3)CC2C)cc1. The molecule has 0 spiro atoms. The minimum atomic E-state index is -4.30. The second kappa shape index (κ2) is 8.22. The van der Waals surface area contributed by atoms with Crippen molar-refractivity contribution in [2.45, 2.75) is 25.7 Å². The van der Waals surface area contributed by atoms with E-state index in [1.807, 2.05) is 12.1 Å². The molecule has 28 heavy (non-hydrogen) atoms. The largest absolute Gasteiger partial charge is 0.465 e. The smallest absolute Gasteiger partial charge is 0.416 e. The Morgan fingerprint density at radius 1 is 1.07 bits per heavy atom. The maximum absolute atomic E-state index is 12.7. The van der Waals surface area contributed by atoms with Crippen molar-refractivity contribution in [3.63, 3.8) is 0 Å². The number of hydrogen-bond acceptors (Lipinski definition) is 4. The van der Waals surface area contributed by atoms with Gasteiger partial charge < -0.3 is 9.64 Å². The van der Waals surface area contributed by atoms with Gasteiger partial charge in [0.05, 0.1) is 18.2 Å². The minimum absolute atomic E-state index is 0.243. The Morgan fingerprint density at radius 2 is 1.71 bits per heavy atom. The standard InChI is InChI=1S/C21H23F3N2O2/c1-15-13-25(14-16-3-7-18(8-4-16)21(22,23)24)11-12-26(15)19-9-5-17(6-10-19)20(27)28-2/h3-10,15H,11-14H2,1-2H3. The molecule has 3 rings (SSSR count). The van der Waals surface area contributed by atoms with Gasteiger partial charge in [0.25, 0.3) is 0 Å². The van der Waals surface area contributed by atoms with Gasteiger partial charge in [-0.2, -0.15) is 13.2 Å². The topological polar surface area (TPSA) is 32.8 Å². The summed E-state index contributed by atoms with van der Waals surface area (Å²) in [6, 6.07) is 12.9. The number of carbonyl (C=O) groups excluding carboxylic acids is 1. The molecule has 150 valence electrons. The van der Waals surface area contributed by atoms with E-state index in [1.54, 1.807) is 24.3 Å². The van der Waals surface area contributed by atoms with Gasteiger partial charge in [0.2, 0.25) is 0 Å². The van der Waals surface area contributed by atoms with E-state index in [9.17, 15) is 18.0 Å². The van der Waals surface area contributed by atoms with Gasteiger partial charge in [0, 0.05) is 37.9 Å². The normalized spacial score (nSPS) is 18.2. The monoisotopic (exact) mass is 392 g/mol. The highest BCUT2D eigenvalue weighted by molar-refractivity contribution is 5.89. The summed E-state index contributed by atoms with van der Waals surface area (Å²) >= 11 is 0. The Kier molecular flexibility index (Phi) is 5.93. The molecule has 0 aromatic heterocycles. The zero-order chi connectivity index (χ0) is 20.3. The fourth-order valence-corrected chi connectivity index (χ4v) is 3.52. The van der Waals surface area contributed by atoms with Crippen molar-refractivity contribution >= 4 is 11.7 Å². The van der Waals surface area contributed by atoms with E-state index < -0.39 is 11.7 Å². The van der Waals surface area contributed by atoms with Gasteiger partial charge in [-0.05, 0) is 48.9 Å². The van der Waals surface area contributed by atoms with E-state index in [4.69, 9.17) is 4.74 Å². The average Bonchev–Trinajstić information content (AvgIpc) is 2.67. The van der Waals surface area contributed by atoms with E-state index in [-0.39, 0.29) is 12.0 Å². The molecule has 0 saturated carbocycles. The minimum Gasteiger partial charge on any atom is -0.465 e. The van der Waals surface area contributed by atoms with Crippen molar-refractivity contribution in [2.75, 3.05) is 31.6 Å². The zero-order valence-electron chi connectivity index (χ0n) is 15.9. The third-order valence-electron chi connectivity index (χ3n) is 5.02. The second-order valence-electron chi connectivity index (χ2n) is 7.01. The zero-order valence-corrected chi connectivity index (χ0v) is 15.9. The van der Waals surface area contributed by atoms with Gasteiger partial charge >= 0.3 is 12.1 Å². The van der Waals surface area contributed by atoms with E-state index in [2.05, 4.69) is 16.7 Å². The van der Waals surface area contributed by atoms with E-state index in [0.717, 1.165) is 43.0 Å². The number of nitrogens with zero attached hydrogens (tertiary/aromatic N) is 2. The molecule has 1 fully saturated rings. The third kappa shape index (κ3) is 4.65. The number of alkyl halides is 3. The molecule has 1 atom stereocenters. The predicted molar refractivity (Wildman–Crippen MR) is 101 cm³/mol. The first-order valence-electron chi connectivity index (χ1n) is 9.11. The van der Waals surface area contributed by atoms with Crippen molar-refractivity contribution in [2.24, 2.45) is 0 Å². The van der Waals surface area contributed by atoms with Crippen LogP contribution >= 0.6 is 0 Å². The Labute approximate surface area is 162 Å². The van der Waals surface area contributed by atoms with Gasteiger partial charge in [-0.1, -0.05) is 12.1 Å². The number of carbonyl (C=O) groups is 1. The van der Waals surface area contributed by atoms with Crippen LogP contribution in [0.2, 0.25) is 0 Å². The van der Waals surface area contributed by atoms with Gasteiger partial charge in [-0.3, -0.25) is 4.90 Å². The lowest BCUT2D eigenvalue weighted by atomic mass is 10.1. The van der Waals surface area contributed by atoms with Crippen LogP contribution in [0.5, 0.6) is 0 Å². The number of rotatable bonds is 4. The lowest BCUT2D eigenvalue weighted by Gasteiger charge is -2.41. The molecule has 1 aliphatic rings. The molecule has 1 saturated heterocycles. The van der Waals surface area contributed by atoms with Crippen LogP contribution in [0.1, 0.15) is 28.4 Å². The maximum Gasteiger partial charge on any atom is 0.416 e. The number of piperazine rings is 1. The van der Waals surface area contributed by atoms with Crippen molar-refractivity contribution < 1.29 is 22.7 Å². The van der Waals surface area contributed by atoms with Gasteiger partial charge in [0.1, 0.15) is 0 Å². The van der Waals surface area contributed by atoms with E-state index in [1.165, 1.54) is 7.11 Å². The molecule has 0 radical (unpaired) electrons. The molecule has 1 heterocycles. The fourth-order valence-electron chi connectivity index (χ4n) is 3.52. The summed E-state index contributed by atoms with van der Waals surface area (Å²) in [6.45, 7) is 5.16. The number of esters is 1. The van der Waals surface area contributed by atoms with Crippen LogP contribution < -0.4 is 4.90 Å². The highest BCUT2D eigenvalue weighted by Crippen LogP contribution is 2.29. The molecule has 1 aliphatic heterocycles. The third-order valence-corrected chi connectivity index (χ3v) is 5.02. The predicted octanol–water partition coefficient (Wildman–Crippen LogP) is 4.20. The number of hydrogen-bond donors (Lipinski definition) is 0. The second-order valence-corrected chi connectivity index (χ2v) is 7.01. The highest BCUT2D eigenvalue weighted by Gasteiger charge is 2.30. The molecule has 0 bridgehead atoms. The summed E-state index contributed by atoms with van der Waals surface area (Å²) in [5.41, 5.74) is 1.80. The summed E-state index contributed by atoms with van der Waals surface area (Å²) in [4.78, 5) is 16.1. The van der Waals surface area contributed by atoms with Crippen molar-refractivity contribution in [1.82, 2.24) is 4.90 Å². The Morgan fingerprint density at radius 3 is 2.25 bits per heavy atom. The average molecular weight is 392 g/mol. The molecule has 2 aromatic carbocycles. The number of benzene rings is 2. The molecule has 7 heteroatoms. The molecule has 0 N–H and O–H groups in total.